The highest BCUT2D eigenvalue weighted by atomic mass is 16.2. The van der Waals surface area contributed by atoms with Crippen molar-refractivity contribution < 1.29 is 4.79 Å². The number of para-hydroxylation sites is 1. The van der Waals surface area contributed by atoms with Crippen LogP contribution in [0.1, 0.15) is 38.2 Å². The summed E-state index contributed by atoms with van der Waals surface area (Å²) in [5.74, 6) is 0.0928. The van der Waals surface area contributed by atoms with E-state index in [4.69, 9.17) is 4.98 Å². The zero-order chi connectivity index (χ0) is 24.7. The van der Waals surface area contributed by atoms with Crippen LogP contribution in [-0.4, -0.2) is 42.0 Å². The first kappa shape index (κ1) is 23.1. The highest BCUT2D eigenvalue weighted by molar-refractivity contribution is 6.08. The summed E-state index contributed by atoms with van der Waals surface area (Å²) in [4.78, 5) is 23.3. The van der Waals surface area contributed by atoms with Gasteiger partial charge in [-0.1, -0.05) is 48.0 Å². The van der Waals surface area contributed by atoms with E-state index in [0.29, 0.717) is 13.1 Å². The van der Waals surface area contributed by atoms with Crippen molar-refractivity contribution in [2.24, 2.45) is 0 Å². The van der Waals surface area contributed by atoms with Gasteiger partial charge in [0, 0.05) is 42.8 Å². The van der Waals surface area contributed by atoms with Crippen molar-refractivity contribution in [2.45, 2.75) is 34.6 Å². The van der Waals surface area contributed by atoms with Gasteiger partial charge in [-0.2, -0.15) is 0 Å². The minimum atomic E-state index is 0.0928. The third kappa shape index (κ3) is 4.29. The van der Waals surface area contributed by atoms with E-state index in [9.17, 15) is 4.79 Å². The number of nitrogens with zero attached hydrogens (tertiary/aromatic N) is 3. The standard InChI is InChI=1S/C31H33N3O/c1-20-12-13-22(3)26(18-20)28-19-27(25-10-6-9-23(4)30(25)32-28)31(35)34-16-14-33(15-17-34)29-11-7-8-21(2)24(29)5/h6-13,18-19H,14-17H2,1-5H3. The third-order valence-corrected chi connectivity index (χ3v) is 7.42. The predicted molar refractivity (Wildman–Crippen MR) is 145 cm³/mol. The van der Waals surface area contributed by atoms with Crippen molar-refractivity contribution >= 4 is 22.5 Å². The maximum atomic E-state index is 13.9. The number of fused-ring (bicyclic) bond motifs is 1. The molecule has 3 aromatic carbocycles. The molecule has 1 aliphatic rings. The molecule has 0 N–H and O–H groups in total. The molecule has 1 aromatic heterocycles. The molecule has 1 saturated heterocycles. The summed E-state index contributed by atoms with van der Waals surface area (Å²) in [6.45, 7) is 13.7. The zero-order valence-electron chi connectivity index (χ0n) is 21.4. The van der Waals surface area contributed by atoms with Crippen LogP contribution in [0.15, 0.2) is 60.7 Å². The fourth-order valence-corrected chi connectivity index (χ4v) is 5.12. The second-order valence-electron chi connectivity index (χ2n) is 9.84. The molecule has 0 radical (unpaired) electrons. The quantitative estimate of drug-likeness (QED) is 0.352. The molecule has 35 heavy (non-hydrogen) atoms. The molecular weight excluding hydrogens is 430 g/mol. The van der Waals surface area contributed by atoms with Gasteiger partial charge >= 0.3 is 0 Å². The molecule has 4 aromatic rings. The van der Waals surface area contributed by atoms with Crippen LogP contribution in [0.25, 0.3) is 22.2 Å². The fraction of sp³-hybridized carbons (Fsp3) is 0.290. The number of rotatable bonds is 3. The number of amides is 1. The second-order valence-corrected chi connectivity index (χ2v) is 9.84. The van der Waals surface area contributed by atoms with E-state index in [0.717, 1.165) is 51.9 Å². The minimum absolute atomic E-state index is 0.0928. The topological polar surface area (TPSA) is 36.4 Å². The van der Waals surface area contributed by atoms with Crippen LogP contribution in [0.3, 0.4) is 0 Å². The van der Waals surface area contributed by atoms with Crippen molar-refractivity contribution in [1.29, 1.82) is 0 Å². The number of carbonyl (C=O) groups excluding carboxylic acids is 1. The van der Waals surface area contributed by atoms with Crippen molar-refractivity contribution in [3.8, 4) is 11.3 Å². The number of hydrogen-bond donors (Lipinski definition) is 0. The Labute approximate surface area is 208 Å². The molecule has 0 bridgehead atoms. The Bertz CT molecular complexity index is 1430. The van der Waals surface area contributed by atoms with E-state index >= 15 is 0 Å². The molecule has 178 valence electrons. The summed E-state index contributed by atoms with van der Waals surface area (Å²) in [5.41, 5.74) is 10.9. The summed E-state index contributed by atoms with van der Waals surface area (Å²) in [7, 11) is 0. The second kappa shape index (κ2) is 9.18. The number of aromatic nitrogens is 1. The lowest BCUT2D eigenvalue weighted by Crippen LogP contribution is -2.49. The summed E-state index contributed by atoms with van der Waals surface area (Å²) in [6, 6.07) is 21.0. The fourth-order valence-electron chi connectivity index (χ4n) is 5.12. The largest absolute Gasteiger partial charge is 0.368 e. The number of hydrogen-bond acceptors (Lipinski definition) is 3. The normalized spacial score (nSPS) is 14.0. The molecular formula is C31H33N3O. The summed E-state index contributed by atoms with van der Waals surface area (Å²) < 4.78 is 0. The molecule has 0 unspecified atom stereocenters. The predicted octanol–water partition coefficient (Wildman–Crippen LogP) is 6.41. The van der Waals surface area contributed by atoms with Gasteiger partial charge in [0.15, 0.2) is 0 Å². The van der Waals surface area contributed by atoms with Crippen LogP contribution in [0.2, 0.25) is 0 Å². The molecule has 0 spiro atoms. The Hall–Kier alpha value is -3.66. The Kier molecular flexibility index (Phi) is 6.06. The molecule has 0 atom stereocenters. The summed E-state index contributed by atoms with van der Waals surface area (Å²) in [5, 5.41) is 0.931. The van der Waals surface area contributed by atoms with Crippen LogP contribution in [0.4, 0.5) is 5.69 Å². The maximum Gasteiger partial charge on any atom is 0.254 e. The Morgan fingerprint density at radius 3 is 2.26 bits per heavy atom. The smallest absolute Gasteiger partial charge is 0.254 e. The first-order valence-electron chi connectivity index (χ1n) is 12.4. The lowest BCUT2D eigenvalue weighted by atomic mass is 9.97. The van der Waals surface area contributed by atoms with E-state index in [1.165, 1.54) is 22.4 Å². The third-order valence-electron chi connectivity index (χ3n) is 7.42. The van der Waals surface area contributed by atoms with Gasteiger partial charge in [-0.25, -0.2) is 4.98 Å². The Morgan fingerprint density at radius 2 is 1.49 bits per heavy atom. The molecule has 1 aliphatic heterocycles. The molecule has 1 fully saturated rings. The van der Waals surface area contributed by atoms with E-state index < -0.39 is 0 Å². The SMILES string of the molecule is Cc1ccc(C)c(-c2cc(C(=O)N3CCN(c4cccc(C)c4C)CC3)c3cccc(C)c3n2)c1. The van der Waals surface area contributed by atoms with E-state index in [2.05, 4.69) is 82.0 Å². The highest BCUT2D eigenvalue weighted by Gasteiger charge is 2.25. The number of pyridine rings is 1. The summed E-state index contributed by atoms with van der Waals surface area (Å²) in [6.07, 6.45) is 0. The van der Waals surface area contributed by atoms with Crippen LogP contribution < -0.4 is 4.90 Å². The van der Waals surface area contributed by atoms with Gasteiger partial charge in [-0.15, -0.1) is 0 Å². The van der Waals surface area contributed by atoms with Gasteiger partial charge in [0.05, 0.1) is 16.8 Å². The highest BCUT2D eigenvalue weighted by Crippen LogP contribution is 2.31. The minimum Gasteiger partial charge on any atom is -0.368 e. The van der Waals surface area contributed by atoms with Crippen molar-refractivity contribution in [1.82, 2.24) is 9.88 Å². The first-order valence-corrected chi connectivity index (χ1v) is 12.4. The number of aryl methyl sites for hydroxylation is 4. The van der Waals surface area contributed by atoms with Gasteiger partial charge < -0.3 is 9.80 Å². The van der Waals surface area contributed by atoms with Crippen molar-refractivity contribution in [3.05, 3.63) is 94.0 Å². The molecule has 0 aliphatic carbocycles. The molecule has 1 amide bonds. The van der Waals surface area contributed by atoms with Gasteiger partial charge in [0.1, 0.15) is 0 Å². The van der Waals surface area contributed by atoms with Crippen molar-refractivity contribution in [2.75, 3.05) is 31.1 Å². The zero-order valence-corrected chi connectivity index (χ0v) is 21.4. The summed E-state index contributed by atoms with van der Waals surface area (Å²) >= 11 is 0. The van der Waals surface area contributed by atoms with Crippen LogP contribution in [0, 0.1) is 34.6 Å². The molecule has 0 saturated carbocycles. The van der Waals surface area contributed by atoms with E-state index in [-0.39, 0.29) is 5.91 Å². The van der Waals surface area contributed by atoms with E-state index in [1.807, 2.05) is 23.1 Å². The van der Waals surface area contributed by atoms with Gasteiger partial charge in [0.2, 0.25) is 0 Å². The average molecular weight is 464 g/mol. The number of carbonyl (C=O) groups is 1. The first-order chi connectivity index (χ1) is 16.8. The van der Waals surface area contributed by atoms with Gasteiger partial charge in [-0.05, 0) is 75.1 Å². The lowest BCUT2D eigenvalue weighted by Gasteiger charge is -2.37. The number of piperazine rings is 1. The Morgan fingerprint density at radius 1 is 0.771 bits per heavy atom. The molecule has 2 heterocycles. The van der Waals surface area contributed by atoms with Crippen LogP contribution in [-0.2, 0) is 0 Å². The number of anilines is 1. The molecule has 4 nitrogen and oxygen atoms in total. The lowest BCUT2D eigenvalue weighted by molar-refractivity contribution is 0.0748. The maximum absolute atomic E-state index is 13.9. The molecule has 4 heteroatoms. The monoisotopic (exact) mass is 463 g/mol. The average Bonchev–Trinajstić information content (AvgIpc) is 2.86. The Balaban J connectivity index is 1.50. The van der Waals surface area contributed by atoms with Gasteiger partial charge in [-0.3, -0.25) is 4.79 Å². The van der Waals surface area contributed by atoms with E-state index in [1.54, 1.807) is 0 Å². The van der Waals surface area contributed by atoms with Crippen LogP contribution >= 0.6 is 0 Å². The van der Waals surface area contributed by atoms with Crippen LogP contribution in [0.5, 0.6) is 0 Å². The molecule has 5 rings (SSSR count). The number of benzene rings is 3. The van der Waals surface area contributed by atoms with Gasteiger partial charge in [0.25, 0.3) is 5.91 Å². The van der Waals surface area contributed by atoms with Crippen molar-refractivity contribution in [3.63, 3.8) is 0 Å².